The lowest BCUT2D eigenvalue weighted by Gasteiger charge is -2.10. The Balaban J connectivity index is 0.000000241. The normalized spacial score (nSPS) is 10.8. The number of aliphatic carboxylic acids is 1. The summed E-state index contributed by atoms with van der Waals surface area (Å²) in [5.74, 6) is 0.995. The average Bonchev–Trinajstić information content (AvgIpc) is 3.64. The zero-order valence-corrected chi connectivity index (χ0v) is 25.3. The fourth-order valence-electron chi connectivity index (χ4n) is 3.76. The first-order valence-corrected chi connectivity index (χ1v) is 13.5. The van der Waals surface area contributed by atoms with Crippen molar-refractivity contribution in [3.63, 3.8) is 0 Å². The molecule has 0 fully saturated rings. The number of benzene rings is 2. The molecule has 0 saturated heterocycles. The Morgan fingerprint density at radius 1 is 0.773 bits per heavy atom. The molecule has 44 heavy (non-hydrogen) atoms. The van der Waals surface area contributed by atoms with Gasteiger partial charge in [0, 0.05) is 49.8 Å². The van der Waals surface area contributed by atoms with E-state index in [9.17, 15) is 9.59 Å². The van der Waals surface area contributed by atoms with E-state index in [1.165, 1.54) is 12.2 Å². The summed E-state index contributed by atoms with van der Waals surface area (Å²) in [5.41, 5.74) is 3.44. The summed E-state index contributed by atoms with van der Waals surface area (Å²) in [6.45, 7) is 2.86. The van der Waals surface area contributed by atoms with Crippen molar-refractivity contribution in [2.45, 2.75) is 20.1 Å². The number of aromatic nitrogens is 4. The second-order valence-corrected chi connectivity index (χ2v) is 9.20. The molecule has 0 amide bonds. The number of hydrogen-bond donors (Lipinski definition) is 1. The summed E-state index contributed by atoms with van der Waals surface area (Å²) in [6.07, 6.45) is 12.9. The molecule has 0 aliphatic carbocycles. The largest absolute Gasteiger partial charge is 0.493 e. The van der Waals surface area contributed by atoms with Gasteiger partial charge in [0.1, 0.15) is 13.2 Å². The van der Waals surface area contributed by atoms with E-state index >= 15 is 0 Å². The standard InChI is InChI=1S/C17H20N2O4.C15H16N2O4/c1-4-22-17(20)8-6-13-5-7-15(21-3)16(9-13)23-12-14-10-18-19(2)11-14;1-17-9-12(8-16-17)10-21-14-7-11(4-6-15(18)19)3-5-13(14)20-2/h5-11H,4,12H2,1-3H3;3-9H,10H2,1-2H3,(H,18,19)/b8-6+;6-4+. The maximum Gasteiger partial charge on any atom is 0.330 e. The van der Waals surface area contributed by atoms with Crippen LogP contribution in [0.3, 0.4) is 0 Å². The van der Waals surface area contributed by atoms with Crippen LogP contribution in [0.5, 0.6) is 23.0 Å². The van der Waals surface area contributed by atoms with Gasteiger partial charge in [-0.2, -0.15) is 10.2 Å². The SMILES string of the molecule is CCOC(=O)/C=C/c1ccc(OC)c(OCc2cnn(C)c2)c1.COc1ccc(/C=C/C(=O)O)cc1OCc1cnn(C)c1. The number of aryl methyl sites for hydroxylation is 2. The summed E-state index contributed by atoms with van der Waals surface area (Å²) < 4.78 is 30.3. The minimum Gasteiger partial charge on any atom is -0.493 e. The van der Waals surface area contributed by atoms with Crippen LogP contribution in [-0.4, -0.2) is 57.4 Å². The number of esters is 1. The fraction of sp³-hybridized carbons (Fsp3) is 0.250. The third kappa shape index (κ3) is 10.7. The maximum atomic E-state index is 11.4. The van der Waals surface area contributed by atoms with Gasteiger partial charge in [-0.15, -0.1) is 0 Å². The molecule has 2 heterocycles. The highest BCUT2D eigenvalue weighted by atomic mass is 16.5. The molecule has 0 aliphatic heterocycles. The molecule has 0 atom stereocenters. The van der Waals surface area contributed by atoms with E-state index in [1.807, 2.05) is 38.6 Å². The molecule has 12 nitrogen and oxygen atoms in total. The van der Waals surface area contributed by atoms with Gasteiger partial charge in [0.05, 0.1) is 33.2 Å². The van der Waals surface area contributed by atoms with Crippen LogP contribution in [0.15, 0.2) is 73.3 Å². The van der Waals surface area contributed by atoms with Gasteiger partial charge in [-0.1, -0.05) is 12.1 Å². The predicted octanol–water partition coefficient (Wildman–Crippen LogP) is 4.69. The summed E-state index contributed by atoms with van der Waals surface area (Å²) in [5, 5.41) is 16.8. The van der Waals surface area contributed by atoms with Gasteiger partial charge in [-0.05, 0) is 54.5 Å². The summed E-state index contributed by atoms with van der Waals surface area (Å²) >= 11 is 0. The van der Waals surface area contributed by atoms with Crippen LogP contribution < -0.4 is 18.9 Å². The number of carboxylic acids is 1. The molecule has 4 aromatic rings. The van der Waals surface area contributed by atoms with Crippen LogP contribution in [0.1, 0.15) is 29.2 Å². The second kappa shape index (κ2) is 16.8. The monoisotopic (exact) mass is 604 g/mol. The van der Waals surface area contributed by atoms with Crippen molar-refractivity contribution < 1.29 is 38.4 Å². The van der Waals surface area contributed by atoms with Crippen molar-refractivity contribution in [1.82, 2.24) is 19.6 Å². The third-order valence-electron chi connectivity index (χ3n) is 5.80. The second-order valence-electron chi connectivity index (χ2n) is 9.20. The quantitative estimate of drug-likeness (QED) is 0.169. The first-order chi connectivity index (χ1) is 21.2. The van der Waals surface area contributed by atoms with E-state index in [1.54, 1.807) is 73.2 Å². The van der Waals surface area contributed by atoms with E-state index in [0.717, 1.165) is 28.3 Å². The number of carbonyl (C=O) groups is 2. The van der Waals surface area contributed by atoms with Crippen molar-refractivity contribution in [1.29, 1.82) is 0 Å². The number of carbonyl (C=O) groups excluding carboxylic acids is 1. The number of nitrogens with zero attached hydrogens (tertiary/aromatic N) is 4. The molecule has 232 valence electrons. The Morgan fingerprint density at radius 2 is 1.25 bits per heavy atom. The maximum absolute atomic E-state index is 11.4. The topological polar surface area (TPSA) is 136 Å². The van der Waals surface area contributed by atoms with E-state index in [-0.39, 0.29) is 5.97 Å². The van der Waals surface area contributed by atoms with E-state index in [4.69, 9.17) is 28.8 Å². The molecule has 0 bridgehead atoms. The molecule has 0 spiro atoms. The number of methoxy groups -OCH3 is 2. The highest BCUT2D eigenvalue weighted by Gasteiger charge is 2.08. The summed E-state index contributed by atoms with van der Waals surface area (Å²) in [4.78, 5) is 21.9. The molecule has 0 unspecified atom stereocenters. The van der Waals surface area contributed by atoms with Crippen LogP contribution in [-0.2, 0) is 41.6 Å². The Bertz CT molecular complexity index is 1590. The predicted molar refractivity (Wildman–Crippen MR) is 163 cm³/mol. The van der Waals surface area contributed by atoms with E-state index in [2.05, 4.69) is 10.2 Å². The zero-order valence-electron chi connectivity index (χ0n) is 25.3. The number of hydrogen-bond acceptors (Lipinski definition) is 9. The van der Waals surface area contributed by atoms with Gasteiger partial charge < -0.3 is 28.8 Å². The Labute approximate surface area is 255 Å². The van der Waals surface area contributed by atoms with Gasteiger partial charge in [-0.25, -0.2) is 9.59 Å². The van der Waals surface area contributed by atoms with Crippen LogP contribution in [0, 0.1) is 0 Å². The smallest absolute Gasteiger partial charge is 0.330 e. The molecular weight excluding hydrogens is 568 g/mol. The van der Waals surface area contributed by atoms with Crippen LogP contribution in [0.4, 0.5) is 0 Å². The number of rotatable bonds is 13. The summed E-state index contributed by atoms with van der Waals surface area (Å²) in [6, 6.07) is 10.7. The average molecular weight is 605 g/mol. The lowest BCUT2D eigenvalue weighted by molar-refractivity contribution is -0.137. The Morgan fingerprint density at radius 3 is 1.64 bits per heavy atom. The zero-order chi connectivity index (χ0) is 31.9. The third-order valence-corrected chi connectivity index (χ3v) is 5.80. The first-order valence-electron chi connectivity index (χ1n) is 13.5. The van der Waals surface area contributed by atoms with Crippen molar-refractivity contribution in [3.05, 3.63) is 95.6 Å². The van der Waals surface area contributed by atoms with Crippen molar-refractivity contribution in [3.8, 4) is 23.0 Å². The molecule has 0 aliphatic rings. The van der Waals surface area contributed by atoms with Gasteiger partial charge in [0.2, 0.25) is 0 Å². The molecule has 1 N–H and O–H groups in total. The lowest BCUT2D eigenvalue weighted by atomic mass is 10.2. The van der Waals surface area contributed by atoms with Gasteiger partial charge >= 0.3 is 11.9 Å². The number of carboxylic acid groups (broad SMARTS) is 1. The van der Waals surface area contributed by atoms with Crippen molar-refractivity contribution >= 4 is 24.1 Å². The minimum atomic E-state index is -0.997. The van der Waals surface area contributed by atoms with Crippen LogP contribution >= 0.6 is 0 Å². The molecular formula is C32H36N4O8. The van der Waals surface area contributed by atoms with Gasteiger partial charge in [-0.3, -0.25) is 9.36 Å². The first kappa shape index (κ1) is 33.0. The molecule has 0 saturated carbocycles. The van der Waals surface area contributed by atoms with E-state index in [0.29, 0.717) is 42.8 Å². The highest BCUT2D eigenvalue weighted by Crippen LogP contribution is 2.30. The van der Waals surface area contributed by atoms with Crippen LogP contribution in [0.25, 0.3) is 12.2 Å². The van der Waals surface area contributed by atoms with Crippen LogP contribution in [0.2, 0.25) is 0 Å². The summed E-state index contributed by atoms with van der Waals surface area (Å²) in [7, 11) is 6.83. The molecule has 2 aromatic carbocycles. The van der Waals surface area contributed by atoms with Gasteiger partial charge in [0.25, 0.3) is 0 Å². The minimum absolute atomic E-state index is 0.352. The van der Waals surface area contributed by atoms with Gasteiger partial charge in [0.15, 0.2) is 23.0 Å². The Hall–Kier alpha value is -5.52. The molecule has 0 radical (unpaired) electrons. The van der Waals surface area contributed by atoms with Crippen molar-refractivity contribution in [2.24, 2.45) is 14.1 Å². The van der Waals surface area contributed by atoms with E-state index < -0.39 is 5.97 Å². The molecule has 4 rings (SSSR count). The number of ether oxygens (including phenoxy) is 5. The van der Waals surface area contributed by atoms with Crippen molar-refractivity contribution in [2.75, 3.05) is 20.8 Å². The molecule has 12 heteroatoms. The Kier molecular flexibility index (Phi) is 12.6. The molecule has 2 aromatic heterocycles. The fourth-order valence-corrected chi connectivity index (χ4v) is 3.76. The highest BCUT2D eigenvalue weighted by molar-refractivity contribution is 5.87. The lowest BCUT2D eigenvalue weighted by Crippen LogP contribution is -1.99.